The summed E-state index contributed by atoms with van der Waals surface area (Å²) in [6, 6.07) is 3.88. The normalized spacial score (nSPS) is 11.9. The number of aliphatic hydroxyl groups is 1. The number of benzene rings is 1. The molecule has 0 saturated carbocycles. The highest BCUT2D eigenvalue weighted by Gasteiger charge is 2.16. The molecule has 1 amide bonds. The molecule has 0 radical (unpaired) electrons. The first-order valence-corrected chi connectivity index (χ1v) is 4.97. The van der Waals surface area contributed by atoms with Crippen molar-refractivity contribution < 1.29 is 24.9 Å². The molecule has 0 spiro atoms. The first-order chi connectivity index (χ1) is 7.91. The molecule has 0 aliphatic rings. The quantitative estimate of drug-likeness (QED) is 0.619. The third-order valence-electron chi connectivity index (χ3n) is 1.94. The number of aliphatic hydroxyl groups excluding tert-OH is 1. The third kappa shape index (κ3) is 3.61. The number of carboxylic acid groups (broad SMARTS) is 1. The Morgan fingerprint density at radius 1 is 1.41 bits per heavy atom. The van der Waals surface area contributed by atoms with E-state index in [9.17, 15) is 14.7 Å². The van der Waals surface area contributed by atoms with E-state index in [0.717, 1.165) is 0 Å². The zero-order valence-corrected chi connectivity index (χ0v) is 9.31. The molecule has 6 nitrogen and oxygen atoms in total. The fraction of sp³-hybridized carbons (Fsp3) is 0.200. The topological polar surface area (TPSA) is 107 Å². The van der Waals surface area contributed by atoms with Crippen molar-refractivity contribution in [1.82, 2.24) is 5.32 Å². The average Bonchev–Trinajstić information content (AvgIpc) is 2.28. The molecular weight excluding hydrogens is 250 g/mol. The molecule has 0 saturated heterocycles. The van der Waals surface area contributed by atoms with E-state index in [0.29, 0.717) is 0 Å². The van der Waals surface area contributed by atoms with Gasteiger partial charge in [-0.05, 0) is 18.2 Å². The van der Waals surface area contributed by atoms with Crippen LogP contribution >= 0.6 is 11.6 Å². The molecule has 0 aliphatic carbocycles. The fourth-order valence-corrected chi connectivity index (χ4v) is 1.23. The highest BCUT2D eigenvalue weighted by molar-refractivity contribution is 6.31. The number of aliphatic carboxylic acids is 1. The second-order valence-electron chi connectivity index (χ2n) is 3.23. The van der Waals surface area contributed by atoms with Crippen molar-refractivity contribution in [2.75, 3.05) is 6.54 Å². The van der Waals surface area contributed by atoms with Gasteiger partial charge in [0.15, 0.2) is 6.10 Å². The standard InChI is InChI=1S/C10H10ClNO5/c11-5-1-2-7(13)6(3-5)9(15)12-4-8(14)10(16)17/h1-3,8,13-14H,4H2,(H,12,15)(H,16,17). The third-order valence-corrected chi connectivity index (χ3v) is 2.18. The Balaban J connectivity index is 2.70. The molecular formula is C10H10ClNO5. The minimum absolute atomic E-state index is 0.0879. The largest absolute Gasteiger partial charge is 0.507 e. The molecule has 1 atom stereocenters. The van der Waals surface area contributed by atoms with Crippen molar-refractivity contribution in [3.05, 3.63) is 28.8 Å². The number of aromatic hydroxyl groups is 1. The van der Waals surface area contributed by atoms with Gasteiger partial charge in [0.1, 0.15) is 5.75 Å². The van der Waals surface area contributed by atoms with E-state index in [2.05, 4.69) is 5.32 Å². The number of halogens is 1. The van der Waals surface area contributed by atoms with E-state index in [-0.39, 0.29) is 16.3 Å². The summed E-state index contributed by atoms with van der Waals surface area (Å²) in [5.74, 6) is -2.44. The predicted molar refractivity (Wildman–Crippen MR) is 59.1 cm³/mol. The van der Waals surface area contributed by atoms with Gasteiger partial charge in [-0.15, -0.1) is 0 Å². The number of rotatable bonds is 4. The van der Waals surface area contributed by atoms with Crippen molar-refractivity contribution in [1.29, 1.82) is 0 Å². The lowest BCUT2D eigenvalue weighted by molar-refractivity contribution is -0.146. The molecule has 17 heavy (non-hydrogen) atoms. The summed E-state index contributed by atoms with van der Waals surface area (Å²) in [7, 11) is 0. The second kappa shape index (κ2) is 5.51. The summed E-state index contributed by atoms with van der Waals surface area (Å²) in [4.78, 5) is 21.8. The molecule has 4 N–H and O–H groups in total. The zero-order chi connectivity index (χ0) is 13.0. The number of phenolic OH excluding ortho intramolecular Hbond substituents is 1. The van der Waals surface area contributed by atoms with Crippen LogP contribution in [-0.2, 0) is 4.79 Å². The number of carbonyl (C=O) groups excluding carboxylic acids is 1. The molecule has 1 rings (SSSR count). The van der Waals surface area contributed by atoms with Gasteiger partial charge >= 0.3 is 5.97 Å². The van der Waals surface area contributed by atoms with E-state index in [4.69, 9.17) is 21.8 Å². The molecule has 0 heterocycles. The molecule has 7 heteroatoms. The van der Waals surface area contributed by atoms with Gasteiger partial charge in [-0.1, -0.05) is 11.6 Å². The Bertz CT molecular complexity index is 448. The molecule has 0 fully saturated rings. The van der Waals surface area contributed by atoms with E-state index < -0.39 is 24.5 Å². The number of amides is 1. The van der Waals surface area contributed by atoms with Crippen molar-refractivity contribution >= 4 is 23.5 Å². The van der Waals surface area contributed by atoms with Crippen molar-refractivity contribution in [2.24, 2.45) is 0 Å². The maximum atomic E-state index is 11.5. The summed E-state index contributed by atoms with van der Waals surface area (Å²) in [5, 5.41) is 29.1. The lowest BCUT2D eigenvalue weighted by atomic mass is 10.2. The number of carbonyl (C=O) groups is 2. The van der Waals surface area contributed by atoms with Crippen LogP contribution in [0.1, 0.15) is 10.4 Å². The van der Waals surface area contributed by atoms with Crippen LogP contribution in [0.15, 0.2) is 18.2 Å². The summed E-state index contributed by atoms with van der Waals surface area (Å²) >= 11 is 5.64. The van der Waals surface area contributed by atoms with Gasteiger partial charge in [0.2, 0.25) is 0 Å². The Kier molecular flexibility index (Phi) is 4.30. The summed E-state index contributed by atoms with van der Waals surface area (Å²) in [6.07, 6.45) is -1.69. The van der Waals surface area contributed by atoms with Gasteiger partial charge in [0, 0.05) is 5.02 Å². The minimum atomic E-state index is -1.69. The van der Waals surface area contributed by atoms with Gasteiger partial charge in [-0.3, -0.25) is 4.79 Å². The summed E-state index contributed by atoms with van der Waals surface area (Å²) in [6.45, 7) is -0.458. The van der Waals surface area contributed by atoms with Crippen molar-refractivity contribution in [3.8, 4) is 5.75 Å². The van der Waals surface area contributed by atoms with Gasteiger partial charge in [-0.25, -0.2) is 4.79 Å². The second-order valence-corrected chi connectivity index (χ2v) is 3.66. The Hall–Kier alpha value is -1.79. The van der Waals surface area contributed by atoms with Crippen LogP contribution in [0.2, 0.25) is 5.02 Å². The first kappa shape index (κ1) is 13.3. The fourth-order valence-electron chi connectivity index (χ4n) is 1.06. The van der Waals surface area contributed by atoms with Crippen LogP contribution in [0.4, 0.5) is 0 Å². The lowest BCUT2D eigenvalue weighted by Crippen LogP contribution is -2.36. The number of carboxylic acids is 1. The molecule has 0 aliphatic heterocycles. The maximum Gasteiger partial charge on any atom is 0.334 e. The predicted octanol–water partition coefficient (Wildman–Crippen LogP) is 0.221. The lowest BCUT2D eigenvalue weighted by Gasteiger charge is -2.09. The highest BCUT2D eigenvalue weighted by atomic mass is 35.5. The first-order valence-electron chi connectivity index (χ1n) is 4.59. The van der Waals surface area contributed by atoms with E-state index in [1.807, 2.05) is 0 Å². The van der Waals surface area contributed by atoms with Crippen LogP contribution < -0.4 is 5.32 Å². The van der Waals surface area contributed by atoms with Crippen LogP contribution in [0.5, 0.6) is 5.75 Å². The van der Waals surface area contributed by atoms with E-state index >= 15 is 0 Å². The Labute approximate surface area is 101 Å². The monoisotopic (exact) mass is 259 g/mol. The van der Waals surface area contributed by atoms with Gasteiger partial charge in [-0.2, -0.15) is 0 Å². The van der Waals surface area contributed by atoms with Gasteiger partial charge in [0.05, 0.1) is 12.1 Å². The summed E-state index contributed by atoms with van der Waals surface area (Å²) < 4.78 is 0. The minimum Gasteiger partial charge on any atom is -0.507 e. The molecule has 1 unspecified atom stereocenters. The van der Waals surface area contributed by atoms with Crippen LogP contribution in [0, 0.1) is 0 Å². The van der Waals surface area contributed by atoms with Crippen molar-refractivity contribution in [3.63, 3.8) is 0 Å². The smallest absolute Gasteiger partial charge is 0.334 e. The van der Waals surface area contributed by atoms with Crippen LogP contribution in [0.25, 0.3) is 0 Å². The maximum absolute atomic E-state index is 11.5. The van der Waals surface area contributed by atoms with Gasteiger partial charge < -0.3 is 20.6 Å². The van der Waals surface area contributed by atoms with Crippen molar-refractivity contribution in [2.45, 2.75) is 6.10 Å². The molecule has 0 aromatic heterocycles. The highest BCUT2D eigenvalue weighted by Crippen LogP contribution is 2.21. The van der Waals surface area contributed by atoms with E-state index in [1.54, 1.807) is 0 Å². The SMILES string of the molecule is O=C(NCC(O)C(=O)O)c1cc(Cl)ccc1O. The number of phenols is 1. The van der Waals surface area contributed by atoms with Crippen LogP contribution in [-0.4, -0.2) is 39.8 Å². The molecule has 0 bridgehead atoms. The number of nitrogens with one attached hydrogen (secondary N) is 1. The van der Waals surface area contributed by atoms with Crippen LogP contribution in [0.3, 0.4) is 0 Å². The summed E-state index contributed by atoms with van der Waals surface area (Å²) in [5.41, 5.74) is -0.0879. The molecule has 1 aromatic rings. The molecule has 1 aromatic carbocycles. The Morgan fingerprint density at radius 2 is 2.06 bits per heavy atom. The van der Waals surface area contributed by atoms with Gasteiger partial charge in [0.25, 0.3) is 5.91 Å². The zero-order valence-electron chi connectivity index (χ0n) is 8.55. The molecule has 92 valence electrons. The average molecular weight is 260 g/mol. The Morgan fingerprint density at radius 3 is 2.65 bits per heavy atom. The number of hydrogen-bond acceptors (Lipinski definition) is 4. The van der Waals surface area contributed by atoms with E-state index in [1.165, 1.54) is 18.2 Å². The number of hydrogen-bond donors (Lipinski definition) is 4.